The largest absolute Gasteiger partial charge is 0.353 e. The van der Waals surface area contributed by atoms with Gasteiger partial charge >= 0.3 is 0 Å². The smallest absolute Gasteiger partial charge is 0.285 e. The van der Waals surface area contributed by atoms with Crippen molar-refractivity contribution in [3.63, 3.8) is 0 Å². The third-order valence-corrected chi connectivity index (χ3v) is 6.39. The second-order valence-electron chi connectivity index (χ2n) is 6.94. The van der Waals surface area contributed by atoms with Crippen LogP contribution in [0.1, 0.15) is 11.4 Å². The Morgan fingerprint density at radius 2 is 1.66 bits per heavy atom. The third kappa shape index (κ3) is 3.15. The minimum Gasteiger partial charge on any atom is -0.353 e. The van der Waals surface area contributed by atoms with Crippen LogP contribution in [0.3, 0.4) is 0 Å². The fourth-order valence-electron chi connectivity index (χ4n) is 3.68. The Bertz CT molecular complexity index is 1200. The van der Waals surface area contributed by atoms with Crippen molar-refractivity contribution in [3.05, 3.63) is 60.2 Å². The normalized spacial score (nSPS) is 17.9. The van der Waals surface area contributed by atoms with Gasteiger partial charge in [0.2, 0.25) is 0 Å². The number of benzene rings is 1. The molecular formula is C19H19N7O2S. The molecule has 0 spiro atoms. The SMILES string of the molecule is Cc1nc(N2CCN(C3=NS(=O)(=O)c4ccccc43)CC2)cc(-n2cccn2)n1. The zero-order valence-corrected chi connectivity index (χ0v) is 16.6. The summed E-state index contributed by atoms with van der Waals surface area (Å²) >= 11 is 0. The maximum absolute atomic E-state index is 12.3. The highest BCUT2D eigenvalue weighted by molar-refractivity contribution is 7.90. The van der Waals surface area contributed by atoms with Crippen LogP contribution in [0, 0.1) is 6.92 Å². The average molecular weight is 409 g/mol. The number of rotatable bonds is 2. The van der Waals surface area contributed by atoms with E-state index < -0.39 is 10.0 Å². The molecule has 3 aromatic rings. The Morgan fingerprint density at radius 3 is 2.41 bits per heavy atom. The number of sulfonamides is 1. The molecule has 0 bridgehead atoms. The molecule has 9 nitrogen and oxygen atoms in total. The highest BCUT2D eigenvalue weighted by Crippen LogP contribution is 2.28. The van der Waals surface area contributed by atoms with Gasteiger partial charge in [0, 0.05) is 50.2 Å². The molecule has 0 N–H and O–H groups in total. The monoisotopic (exact) mass is 409 g/mol. The second-order valence-corrected chi connectivity index (χ2v) is 8.51. The van der Waals surface area contributed by atoms with E-state index in [1.165, 1.54) is 0 Å². The van der Waals surface area contributed by atoms with Crippen molar-refractivity contribution < 1.29 is 8.42 Å². The number of piperazine rings is 1. The molecule has 0 amide bonds. The van der Waals surface area contributed by atoms with E-state index in [1.807, 2.05) is 42.3 Å². The lowest BCUT2D eigenvalue weighted by atomic mass is 10.1. The molecule has 0 unspecified atom stereocenters. The number of fused-ring (bicyclic) bond motifs is 1. The van der Waals surface area contributed by atoms with Crippen molar-refractivity contribution in [2.75, 3.05) is 31.1 Å². The molecule has 1 fully saturated rings. The van der Waals surface area contributed by atoms with E-state index in [2.05, 4.69) is 24.4 Å². The molecule has 29 heavy (non-hydrogen) atoms. The molecular weight excluding hydrogens is 390 g/mol. The van der Waals surface area contributed by atoms with Gasteiger partial charge in [0.1, 0.15) is 16.5 Å². The van der Waals surface area contributed by atoms with E-state index in [4.69, 9.17) is 0 Å². The first kappa shape index (κ1) is 17.8. The van der Waals surface area contributed by atoms with Crippen LogP contribution in [-0.2, 0) is 10.0 Å². The molecule has 1 saturated heterocycles. The molecule has 5 rings (SSSR count). The zero-order chi connectivity index (χ0) is 20.0. The van der Waals surface area contributed by atoms with E-state index in [0.717, 1.165) is 11.6 Å². The quantitative estimate of drug-likeness (QED) is 0.628. The van der Waals surface area contributed by atoms with Crippen LogP contribution in [-0.4, -0.2) is 65.1 Å². The summed E-state index contributed by atoms with van der Waals surface area (Å²) in [6.45, 7) is 4.58. The highest BCUT2D eigenvalue weighted by Gasteiger charge is 2.33. The fourth-order valence-corrected chi connectivity index (χ4v) is 4.91. The molecule has 0 saturated carbocycles. The van der Waals surface area contributed by atoms with Crippen LogP contribution in [0.25, 0.3) is 5.82 Å². The van der Waals surface area contributed by atoms with E-state index in [1.54, 1.807) is 23.0 Å². The summed E-state index contributed by atoms with van der Waals surface area (Å²) in [7, 11) is -3.60. The Labute approximate surface area is 168 Å². The van der Waals surface area contributed by atoms with E-state index in [0.29, 0.717) is 43.4 Å². The molecule has 10 heteroatoms. The Kier molecular flexibility index (Phi) is 4.09. The van der Waals surface area contributed by atoms with E-state index >= 15 is 0 Å². The number of amidine groups is 1. The first-order chi connectivity index (χ1) is 14.0. The zero-order valence-electron chi connectivity index (χ0n) is 15.8. The number of aryl methyl sites for hydroxylation is 1. The number of hydrogen-bond acceptors (Lipinski definition) is 7. The molecule has 0 atom stereocenters. The van der Waals surface area contributed by atoms with Crippen molar-refractivity contribution in [1.82, 2.24) is 24.6 Å². The van der Waals surface area contributed by atoms with Gasteiger partial charge in [-0.2, -0.15) is 13.5 Å². The first-order valence-electron chi connectivity index (χ1n) is 9.31. The molecule has 0 radical (unpaired) electrons. The van der Waals surface area contributed by atoms with Crippen LogP contribution in [0.15, 0.2) is 58.1 Å². The lowest BCUT2D eigenvalue weighted by Crippen LogP contribution is -2.49. The number of hydrogen-bond donors (Lipinski definition) is 0. The van der Waals surface area contributed by atoms with Crippen molar-refractivity contribution >= 4 is 21.7 Å². The molecule has 2 aliphatic rings. The number of nitrogens with zero attached hydrogens (tertiary/aromatic N) is 7. The van der Waals surface area contributed by atoms with Crippen LogP contribution in [0.4, 0.5) is 5.82 Å². The van der Waals surface area contributed by atoms with Crippen LogP contribution < -0.4 is 4.90 Å². The molecule has 2 aromatic heterocycles. The van der Waals surface area contributed by atoms with Crippen LogP contribution in [0.2, 0.25) is 0 Å². The molecule has 148 valence electrons. The lowest BCUT2D eigenvalue weighted by molar-refractivity contribution is 0.385. The Morgan fingerprint density at radius 1 is 0.931 bits per heavy atom. The van der Waals surface area contributed by atoms with Gasteiger partial charge in [-0.3, -0.25) is 0 Å². The van der Waals surface area contributed by atoms with Gasteiger partial charge in [0.15, 0.2) is 11.7 Å². The molecule has 4 heterocycles. The first-order valence-corrected chi connectivity index (χ1v) is 10.8. The summed E-state index contributed by atoms with van der Waals surface area (Å²) in [5.41, 5.74) is 0.680. The standard InChI is InChI=1S/C19H19N7O2S/c1-14-21-17(13-18(22-14)26-8-4-7-20-26)24-9-11-25(12-10-24)19-15-5-2-3-6-16(15)29(27,28)23-19/h2-8,13H,9-12H2,1H3. The summed E-state index contributed by atoms with van der Waals surface area (Å²) in [6.07, 6.45) is 3.56. The topological polar surface area (TPSA) is 96.6 Å². The summed E-state index contributed by atoms with van der Waals surface area (Å²) in [5, 5.41) is 4.24. The second kappa shape index (κ2) is 6.66. The average Bonchev–Trinajstić information content (AvgIpc) is 3.35. The van der Waals surface area contributed by atoms with Crippen LogP contribution >= 0.6 is 0 Å². The highest BCUT2D eigenvalue weighted by atomic mass is 32.2. The van der Waals surface area contributed by atoms with Gasteiger partial charge in [-0.05, 0) is 25.1 Å². The molecule has 1 aromatic carbocycles. The van der Waals surface area contributed by atoms with Crippen molar-refractivity contribution in [3.8, 4) is 5.82 Å². The number of aromatic nitrogens is 4. The third-order valence-electron chi connectivity index (χ3n) is 5.07. The van der Waals surface area contributed by atoms with Gasteiger partial charge in [0.05, 0.1) is 0 Å². The van der Waals surface area contributed by atoms with Gasteiger partial charge in [-0.25, -0.2) is 14.6 Å². The summed E-state index contributed by atoms with van der Waals surface area (Å²) < 4.78 is 30.4. The van der Waals surface area contributed by atoms with Gasteiger partial charge in [-0.1, -0.05) is 12.1 Å². The van der Waals surface area contributed by atoms with Crippen molar-refractivity contribution in [2.45, 2.75) is 11.8 Å². The van der Waals surface area contributed by atoms with Crippen LogP contribution in [0.5, 0.6) is 0 Å². The predicted octanol–water partition coefficient (Wildman–Crippen LogP) is 1.24. The summed E-state index contributed by atoms with van der Waals surface area (Å²) in [4.78, 5) is 13.5. The summed E-state index contributed by atoms with van der Waals surface area (Å²) in [5.74, 6) is 2.77. The predicted molar refractivity (Wildman–Crippen MR) is 108 cm³/mol. The van der Waals surface area contributed by atoms with Crippen molar-refractivity contribution in [2.24, 2.45) is 4.40 Å². The lowest BCUT2D eigenvalue weighted by Gasteiger charge is -2.36. The number of anilines is 1. The van der Waals surface area contributed by atoms with Crippen molar-refractivity contribution in [1.29, 1.82) is 0 Å². The maximum atomic E-state index is 12.3. The minimum absolute atomic E-state index is 0.285. The van der Waals surface area contributed by atoms with Gasteiger partial charge in [-0.15, -0.1) is 4.40 Å². The fraction of sp³-hybridized carbons (Fsp3) is 0.263. The van der Waals surface area contributed by atoms with Gasteiger partial charge < -0.3 is 9.80 Å². The molecule has 0 aliphatic carbocycles. The van der Waals surface area contributed by atoms with Gasteiger partial charge in [0.25, 0.3) is 10.0 Å². The Balaban J connectivity index is 1.37. The minimum atomic E-state index is -3.60. The maximum Gasteiger partial charge on any atom is 0.285 e. The molecule has 2 aliphatic heterocycles. The van der Waals surface area contributed by atoms with E-state index in [-0.39, 0.29) is 4.90 Å². The van der Waals surface area contributed by atoms with E-state index in [9.17, 15) is 8.42 Å². The Hall–Kier alpha value is -3.27. The summed E-state index contributed by atoms with van der Waals surface area (Å²) in [6, 6.07) is 10.8.